The van der Waals surface area contributed by atoms with Gasteiger partial charge in [-0.3, -0.25) is 4.79 Å². The van der Waals surface area contributed by atoms with E-state index in [0.717, 1.165) is 74.8 Å². The van der Waals surface area contributed by atoms with Gasteiger partial charge in [-0.15, -0.1) is 0 Å². The molecule has 0 saturated carbocycles. The van der Waals surface area contributed by atoms with Gasteiger partial charge in [-0.25, -0.2) is 15.0 Å². The molecule has 4 heterocycles. The molecule has 7 heteroatoms. The van der Waals surface area contributed by atoms with Crippen molar-refractivity contribution in [3.63, 3.8) is 0 Å². The topological polar surface area (TPSA) is 67.2 Å². The van der Waals surface area contributed by atoms with Crippen LogP contribution in [-0.4, -0.2) is 56.5 Å². The lowest BCUT2D eigenvalue weighted by molar-refractivity contribution is -0.136. The van der Waals surface area contributed by atoms with Crippen LogP contribution in [0.15, 0.2) is 6.33 Å². The summed E-state index contributed by atoms with van der Waals surface area (Å²) in [6.45, 7) is 13.1. The van der Waals surface area contributed by atoms with Gasteiger partial charge in [0.1, 0.15) is 12.2 Å². The summed E-state index contributed by atoms with van der Waals surface area (Å²) in [6, 6.07) is 0. The maximum Gasteiger partial charge on any atom is 0.227 e. The first-order valence-electron chi connectivity index (χ1n) is 12.2. The number of nitrogens with zero attached hydrogens (tertiary/aromatic N) is 6. The van der Waals surface area contributed by atoms with Crippen LogP contribution in [0.25, 0.3) is 11.2 Å². The van der Waals surface area contributed by atoms with Crippen LogP contribution in [0.3, 0.4) is 0 Å². The van der Waals surface area contributed by atoms with Gasteiger partial charge < -0.3 is 14.4 Å². The van der Waals surface area contributed by atoms with E-state index in [1.165, 1.54) is 19.3 Å². The summed E-state index contributed by atoms with van der Waals surface area (Å²) in [5.41, 5.74) is 1.87. The summed E-state index contributed by atoms with van der Waals surface area (Å²) >= 11 is 0. The fraction of sp³-hybridized carbons (Fsp3) is 0.750. The summed E-state index contributed by atoms with van der Waals surface area (Å²) in [6.07, 6.45) is 8.27. The molecule has 0 bridgehead atoms. The lowest BCUT2D eigenvalue weighted by atomic mass is 9.95. The molecule has 1 amide bonds. The Kier molecular flexibility index (Phi) is 6.77. The molecule has 1 atom stereocenters. The SMILES string of the molecule is CC(C)CN(CC(C)C)C(=O)[C@@H]1CCCN(c2ncnc3c2nc2n3CCCCC2)C1. The number of imidazole rings is 1. The summed E-state index contributed by atoms with van der Waals surface area (Å²) in [5.74, 6) is 3.32. The number of carbonyl (C=O) groups excluding carboxylic acids is 1. The van der Waals surface area contributed by atoms with Gasteiger partial charge >= 0.3 is 0 Å². The highest BCUT2D eigenvalue weighted by molar-refractivity contribution is 5.85. The van der Waals surface area contributed by atoms with Crippen molar-refractivity contribution in [2.75, 3.05) is 31.1 Å². The van der Waals surface area contributed by atoms with E-state index in [4.69, 9.17) is 4.98 Å². The third kappa shape index (κ3) is 4.85. The zero-order chi connectivity index (χ0) is 22.0. The maximum atomic E-state index is 13.5. The number of anilines is 1. The molecule has 0 spiro atoms. The van der Waals surface area contributed by atoms with Crippen molar-refractivity contribution in [2.45, 2.75) is 72.8 Å². The van der Waals surface area contributed by atoms with E-state index in [2.05, 4.69) is 52.0 Å². The van der Waals surface area contributed by atoms with Gasteiger partial charge in [0.15, 0.2) is 17.0 Å². The van der Waals surface area contributed by atoms with E-state index >= 15 is 0 Å². The molecule has 170 valence electrons. The molecule has 0 aliphatic carbocycles. The molecule has 2 aliphatic rings. The average molecular weight is 427 g/mol. The van der Waals surface area contributed by atoms with Crippen LogP contribution in [0.5, 0.6) is 0 Å². The molecule has 1 saturated heterocycles. The van der Waals surface area contributed by atoms with Crippen molar-refractivity contribution in [3.05, 3.63) is 12.2 Å². The fourth-order valence-electron chi connectivity index (χ4n) is 5.12. The number of aryl methyl sites for hydroxylation is 2. The van der Waals surface area contributed by atoms with Gasteiger partial charge in [-0.05, 0) is 37.5 Å². The smallest absolute Gasteiger partial charge is 0.227 e. The number of fused-ring (bicyclic) bond motifs is 3. The van der Waals surface area contributed by atoms with Gasteiger partial charge in [0.25, 0.3) is 0 Å². The quantitative estimate of drug-likeness (QED) is 0.701. The predicted molar refractivity (Wildman–Crippen MR) is 124 cm³/mol. The molecular formula is C24H38N6O. The van der Waals surface area contributed by atoms with Gasteiger partial charge in [0.05, 0.1) is 5.92 Å². The summed E-state index contributed by atoms with van der Waals surface area (Å²) in [4.78, 5) is 32.0. The fourth-order valence-corrected chi connectivity index (χ4v) is 5.12. The number of amides is 1. The number of aromatic nitrogens is 4. The van der Waals surface area contributed by atoms with Crippen LogP contribution < -0.4 is 4.90 Å². The first kappa shape index (κ1) is 22.0. The van der Waals surface area contributed by atoms with Gasteiger partial charge in [0.2, 0.25) is 5.91 Å². The van der Waals surface area contributed by atoms with E-state index < -0.39 is 0 Å². The standard InChI is InChI=1S/C24H38N6O/c1-17(2)13-29(14-18(3)4)24(31)19-9-8-11-28(15-19)22-21-23(26-16-25-22)30-12-7-5-6-10-20(30)27-21/h16-19H,5-15H2,1-4H3/t19-/m1/s1. The molecular weight excluding hydrogens is 388 g/mol. The van der Waals surface area contributed by atoms with Gasteiger partial charge in [-0.1, -0.05) is 34.1 Å². The third-order valence-electron chi connectivity index (χ3n) is 6.43. The minimum absolute atomic E-state index is 0.0247. The van der Waals surface area contributed by atoms with Crippen molar-refractivity contribution >= 4 is 22.9 Å². The van der Waals surface area contributed by atoms with Crippen LogP contribution >= 0.6 is 0 Å². The highest BCUT2D eigenvalue weighted by Gasteiger charge is 2.32. The van der Waals surface area contributed by atoms with Crippen molar-refractivity contribution in [1.29, 1.82) is 0 Å². The molecule has 2 aromatic heterocycles. The molecule has 0 N–H and O–H groups in total. The van der Waals surface area contributed by atoms with E-state index in [9.17, 15) is 4.79 Å². The zero-order valence-corrected chi connectivity index (χ0v) is 19.7. The lowest BCUT2D eigenvalue weighted by Crippen LogP contribution is -2.47. The molecule has 0 radical (unpaired) electrons. The van der Waals surface area contributed by atoms with E-state index in [-0.39, 0.29) is 5.92 Å². The second kappa shape index (κ2) is 9.53. The van der Waals surface area contributed by atoms with Gasteiger partial charge in [-0.2, -0.15) is 0 Å². The molecule has 1 fully saturated rings. The zero-order valence-electron chi connectivity index (χ0n) is 19.7. The minimum Gasteiger partial charge on any atom is -0.354 e. The highest BCUT2D eigenvalue weighted by atomic mass is 16.2. The summed E-state index contributed by atoms with van der Waals surface area (Å²) < 4.78 is 2.28. The number of piperidine rings is 1. The average Bonchev–Trinajstić information content (AvgIpc) is 2.93. The summed E-state index contributed by atoms with van der Waals surface area (Å²) in [5, 5.41) is 0. The largest absolute Gasteiger partial charge is 0.354 e. The Hall–Kier alpha value is -2.18. The molecule has 31 heavy (non-hydrogen) atoms. The molecule has 0 unspecified atom stereocenters. The normalized spacial score (nSPS) is 19.7. The maximum absolute atomic E-state index is 13.5. The number of hydrogen-bond acceptors (Lipinski definition) is 5. The minimum atomic E-state index is 0.0247. The van der Waals surface area contributed by atoms with Crippen LogP contribution in [0.4, 0.5) is 5.82 Å². The van der Waals surface area contributed by atoms with Crippen LogP contribution in [0.1, 0.15) is 65.6 Å². The van der Waals surface area contributed by atoms with Crippen molar-refractivity contribution < 1.29 is 4.79 Å². The Labute approximate surface area is 186 Å². The second-order valence-electron chi connectivity index (χ2n) is 10.2. The highest BCUT2D eigenvalue weighted by Crippen LogP contribution is 2.30. The Morgan fingerprint density at radius 3 is 2.58 bits per heavy atom. The number of hydrogen-bond donors (Lipinski definition) is 0. The van der Waals surface area contributed by atoms with E-state index in [1.807, 2.05) is 0 Å². The molecule has 2 aromatic rings. The Bertz CT molecular complexity index is 895. The first-order chi connectivity index (χ1) is 14.9. The number of rotatable bonds is 6. The van der Waals surface area contributed by atoms with E-state index in [1.54, 1.807) is 6.33 Å². The van der Waals surface area contributed by atoms with Crippen molar-refractivity contribution in [3.8, 4) is 0 Å². The van der Waals surface area contributed by atoms with Crippen LogP contribution in [-0.2, 0) is 17.8 Å². The molecule has 7 nitrogen and oxygen atoms in total. The first-order valence-corrected chi connectivity index (χ1v) is 12.2. The number of carbonyl (C=O) groups is 1. The summed E-state index contributed by atoms with van der Waals surface area (Å²) in [7, 11) is 0. The Morgan fingerprint density at radius 1 is 1.06 bits per heavy atom. The molecule has 0 aromatic carbocycles. The monoisotopic (exact) mass is 426 g/mol. The van der Waals surface area contributed by atoms with Crippen LogP contribution in [0, 0.1) is 17.8 Å². The van der Waals surface area contributed by atoms with Gasteiger partial charge in [0, 0.05) is 39.1 Å². The van der Waals surface area contributed by atoms with Crippen molar-refractivity contribution in [1.82, 2.24) is 24.4 Å². The van der Waals surface area contributed by atoms with Crippen molar-refractivity contribution in [2.24, 2.45) is 17.8 Å². The van der Waals surface area contributed by atoms with Crippen LogP contribution in [0.2, 0.25) is 0 Å². The predicted octanol–water partition coefficient (Wildman–Crippen LogP) is 3.91. The molecule has 4 rings (SSSR count). The molecule has 2 aliphatic heterocycles. The lowest BCUT2D eigenvalue weighted by Gasteiger charge is -2.36. The Morgan fingerprint density at radius 2 is 1.84 bits per heavy atom. The second-order valence-corrected chi connectivity index (χ2v) is 10.2. The third-order valence-corrected chi connectivity index (χ3v) is 6.43. The Balaban J connectivity index is 1.57. The van der Waals surface area contributed by atoms with E-state index in [0.29, 0.717) is 17.7 Å².